The van der Waals surface area contributed by atoms with Gasteiger partial charge < -0.3 is 20.4 Å². The quantitative estimate of drug-likeness (QED) is 0.0767. The summed E-state index contributed by atoms with van der Waals surface area (Å²) in [6.07, 6.45) is -0.893. The summed E-state index contributed by atoms with van der Waals surface area (Å²) in [6.45, 7) is 1.66. The fourth-order valence-electron chi connectivity index (χ4n) is 14.2. The Morgan fingerprint density at radius 1 is 0.362 bits per heavy atom. The van der Waals surface area contributed by atoms with Gasteiger partial charge in [0, 0.05) is 90.9 Å². The van der Waals surface area contributed by atoms with E-state index in [2.05, 4.69) is 172 Å². The van der Waals surface area contributed by atoms with Crippen molar-refractivity contribution < 1.29 is 13.2 Å². The summed E-state index contributed by atoms with van der Waals surface area (Å²) in [5.41, 5.74) is 19.1. The summed E-state index contributed by atoms with van der Waals surface area (Å²) < 4.78 is 43.2. The number of hydrogen-bond donors (Lipinski definition) is 2. The lowest BCUT2D eigenvalue weighted by Gasteiger charge is -2.26. The van der Waals surface area contributed by atoms with Gasteiger partial charge in [0.1, 0.15) is 23.8 Å². The molecule has 0 fully saturated rings. The number of aliphatic imine (C=N–C) groups is 2. The number of aryl methyl sites for hydroxylation is 1. The summed E-state index contributed by atoms with van der Waals surface area (Å²) in [5, 5.41) is 32.6. The van der Waals surface area contributed by atoms with Crippen LogP contribution in [0.3, 0.4) is 0 Å². The maximum atomic E-state index is 14.4. The fraction of sp³-hybridized carbons (Fsp3) is 0.0217. The predicted octanol–water partition coefficient (Wildman–Crippen LogP) is 24.4. The van der Waals surface area contributed by atoms with Crippen molar-refractivity contribution in [2.24, 2.45) is 9.98 Å². The first-order chi connectivity index (χ1) is 51.5. The van der Waals surface area contributed by atoms with E-state index in [4.69, 9.17) is 20.0 Å². The lowest BCUT2D eigenvalue weighted by atomic mass is 9.92. The molecule has 2 aromatic heterocycles. The minimum atomic E-state index is -4.53. The smallest absolute Gasteiger partial charge is 0.339 e. The highest BCUT2D eigenvalue weighted by Crippen LogP contribution is 2.46. The number of benzene rings is 13. The molecule has 13 heteroatoms. The monoisotopic (exact) mass is 1360 g/mol. The predicted molar refractivity (Wildman–Crippen MR) is 420 cm³/mol. The zero-order chi connectivity index (χ0) is 71.1. The molecule has 0 amide bonds. The van der Waals surface area contributed by atoms with Gasteiger partial charge in [-0.2, -0.15) is 23.7 Å². The minimum absolute atomic E-state index is 0.125. The van der Waals surface area contributed by atoms with Crippen LogP contribution in [0.25, 0.3) is 88.3 Å². The molecule has 0 bridgehead atoms. The Labute approximate surface area is 604 Å². The van der Waals surface area contributed by atoms with Crippen molar-refractivity contribution in [3.05, 3.63) is 361 Å². The SMILES string of the molecule is Cc1ccc(-c2ccc3c4c(cccc24)C(=Nc2ccc(-c4ccc(N(c5ccc(/C(C#N)=C(\C#N)c6ccc(N(c7ccc(-c8ccccc8)cc7)c7ccc(-c8ccc(N=C9Nc%10cccc%11cccc9c%10%11)nc8)cc7)cc6)cc5)c5ccc(-c6ccccc6)cc5)cc4)cn2)N3)c(C(F)(F)F)c1. The second kappa shape index (κ2) is 27.0. The number of aromatic nitrogens is 2. The molecule has 2 N–H and O–H groups in total. The standard InChI is InChI=1S/C92H59F3N10/c1-58-21-48-77(83(53-58)92(93,94)95)76-49-50-85-89-78(76)17-10-19-80(89)91(101-85)103-87-52-35-69(57-99-87)64-28-42-73(43-29-64)105(71-38-24-62(25-39-71)60-13-6-3-7-14-60)75-46-32-66(33-47-75)82(55-97)81(54-96)65-30-44-74(45-31-65)104(70-36-22-61(23-37-70)59-11-4-2-5-12-59)72-40-26-63(27-41-72)68-34-51-86(98-56-68)102-90-79-18-8-15-67-16-9-20-84(100-90)88(67)79/h2-53,56-57H,1H3,(H,98,100,102)(H,99,101,103)/b82-81+. The Bertz CT molecular complexity index is 6020. The van der Waals surface area contributed by atoms with E-state index in [0.29, 0.717) is 45.1 Å². The third kappa shape index (κ3) is 12.4. The molecule has 15 aromatic rings. The van der Waals surface area contributed by atoms with E-state index < -0.39 is 11.7 Å². The number of amidine groups is 2. The topological polar surface area (TPSA) is 129 Å². The van der Waals surface area contributed by atoms with Gasteiger partial charge in [-0.3, -0.25) is 0 Å². The zero-order valence-corrected chi connectivity index (χ0v) is 56.4. The van der Waals surface area contributed by atoms with Crippen molar-refractivity contribution >= 4 is 101 Å². The minimum Gasteiger partial charge on any atom is -0.339 e. The van der Waals surface area contributed by atoms with Crippen molar-refractivity contribution in [2.45, 2.75) is 13.1 Å². The van der Waals surface area contributed by atoms with Crippen LogP contribution in [-0.4, -0.2) is 21.6 Å². The zero-order valence-electron chi connectivity index (χ0n) is 56.4. The van der Waals surface area contributed by atoms with Crippen molar-refractivity contribution in [3.8, 4) is 67.8 Å². The molecule has 10 nitrogen and oxygen atoms in total. The number of hydrogen-bond acceptors (Lipinski definition) is 8. The van der Waals surface area contributed by atoms with Crippen molar-refractivity contribution in [1.82, 2.24) is 9.97 Å². The normalized spacial score (nSPS) is 13.1. The molecule has 17 rings (SSSR count). The van der Waals surface area contributed by atoms with Crippen LogP contribution in [0.4, 0.5) is 70.3 Å². The molecule has 105 heavy (non-hydrogen) atoms. The average Bonchev–Trinajstić information content (AvgIpc) is 1.66. The first-order valence-electron chi connectivity index (χ1n) is 34.2. The number of anilines is 8. The maximum absolute atomic E-state index is 14.4. The molecule has 2 aliphatic rings. The fourth-order valence-corrected chi connectivity index (χ4v) is 14.2. The highest BCUT2D eigenvalue weighted by Gasteiger charge is 2.35. The van der Waals surface area contributed by atoms with Crippen LogP contribution in [0.15, 0.2) is 338 Å². The Hall–Kier alpha value is -14.3. The first kappa shape index (κ1) is 64.1. The largest absolute Gasteiger partial charge is 0.417 e. The maximum Gasteiger partial charge on any atom is 0.417 e. The van der Waals surface area contributed by atoms with Crippen LogP contribution in [0, 0.1) is 29.6 Å². The number of rotatable bonds is 15. The summed E-state index contributed by atoms with van der Waals surface area (Å²) >= 11 is 0. The van der Waals surface area contributed by atoms with Crippen molar-refractivity contribution in [3.63, 3.8) is 0 Å². The van der Waals surface area contributed by atoms with E-state index in [1.807, 2.05) is 158 Å². The van der Waals surface area contributed by atoms with Crippen molar-refractivity contribution in [2.75, 3.05) is 20.4 Å². The Balaban J connectivity index is 0.639. The van der Waals surface area contributed by atoms with Gasteiger partial charge in [0.15, 0.2) is 11.6 Å². The van der Waals surface area contributed by atoms with Crippen LogP contribution in [0.1, 0.15) is 33.4 Å². The lowest BCUT2D eigenvalue weighted by Crippen LogP contribution is -2.10. The Morgan fingerprint density at radius 2 is 0.743 bits per heavy atom. The van der Waals surface area contributed by atoms with E-state index in [0.717, 1.165) is 123 Å². The van der Waals surface area contributed by atoms with Crippen LogP contribution in [0.2, 0.25) is 0 Å². The Kier molecular flexibility index (Phi) is 16.5. The van der Waals surface area contributed by atoms with E-state index in [9.17, 15) is 23.7 Å². The molecule has 0 radical (unpaired) electrons. The first-order valence-corrected chi connectivity index (χ1v) is 34.2. The highest BCUT2D eigenvalue weighted by atomic mass is 19.4. The molecular formula is C92H59F3N10. The highest BCUT2D eigenvalue weighted by molar-refractivity contribution is 6.28. The summed E-state index contributed by atoms with van der Waals surface area (Å²) in [5.74, 6) is 2.38. The molecule has 0 atom stereocenters. The number of halogens is 3. The molecule has 498 valence electrons. The van der Waals surface area contributed by atoms with Crippen LogP contribution < -0.4 is 20.4 Å². The van der Waals surface area contributed by atoms with Gasteiger partial charge >= 0.3 is 6.18 Å². The third-order valence-corrected chi connectivity index (χ3v) is 19.4. The number of alkyl halides is 3. The Morgan fingerprint density at radius 3 is 1.17 bits per heavy atom. The number of pyridine rings is 2. The van der Waals surface area contributed by atoms with Gasteiger partial charge in [-0.05, 0) is 189 Å². The molecular weight excluding hydrogens is 1300 g/mol. The van der Waals surface area contributed by atoms with E-state index in [1.54, 1.807) is 31.3 Å². The molecule has 0 saturated carbocycles. The molecule has 4 heterocycles. The van der Waals surface area contributed by atoms with Gasteiger partial charge in [0.05, 0.1) is 16.7 Å². The molecule has 0 unspecified atom stereocenters. The third-order valence-electron chi connectivity index (χ3n) is 19.4. The second-order valence-corrected chi connectivity index (χ2v) is 25.8. The van der Waals surface area contributed by atoms with Crippen molar-refractivity contribution in [1.29, 1.82) is 10.5 Å². The van der Waals surface area contributed by atoms with Gasteiger partial charge in [-0.25, -0.2) is 20.0 Å². The summed E-state index contributed by atoms with van der Waals surface area (Å²) in [6, 6.07) is 108. The average molecular weight is 1360 g/mol. The van der Waals surface area contributed by atoms with Crippen LogP contribution >= 0.6 is 0 Å². The van der Waals surface area contributed by atoms with Crippen LogP contribution in [0.5, 0.6) is 0 Å². The number of nitrogens with one attached hydrogen (secondary N) is 2. The number of nitrogens with zero attached hydrogens (tertiary/aromatic N) is 8. The van der Waals surface area contributed by atoms with Gasteiger partial charge in [-0.15, -0.1) is 0 Å². The van der Waals surface area contributed by atoms with Gasteiger partial charge in [0.2, 0.25) is 0 Å². The van der Waals surface area contributed by atoms with Crippen LogP contribution in [-0.2, 0) is 6.18 Å². The number of nitriles is 2. The molecule has 13 aromatic carbocycles. The van der Waals surface area contributed by atoms with E-state index in [1.165, 1.54) is 6.07 Å². The molecule has 2 aliphatic heterocycles. The molecule has 0 aliphatic carbocycles. The molecule has 0 spiro atoms. The second-order valence-electron chi connectivity index (χ2n) is 25.8. The van der Waals surface area contributed by atoms with Gasteiger partial charge in [-0.1, -0.05) is 206 Å². The van der Waals surface area contributed by atoms with E-state index in [-0.39, 0.29) is 16.7 Å². The number of allylic oxidation sites excluding steroid dienone is 2. The van der Waals surface area contributed by atoms with E-state index >= 15 is 0 Å². The van der Waals surface area contributed by atoms with Gasteiger partial charge in [0.25, 0.3) is 0 Å². The summed E-state index contributed by atoms with van der Waals surface area (Å²) in [7, 11) is 0. The molecule has 0 saturated heterocycles. The summed E-state index contributed by atoms with van der Waals surface area (Å²) in [4.78, 5) is 23.7. The lowest BCUT2D eigenvalue weighted by molar-refractivity contribution is -0.137.